The van der Waals surface area contributed by atoms with Crippen LogP contribution in [0.3, 0.4) is 0 Å². The summed E-state index contributed by atoms with van der Waals surface area (Å²) in [4.78, 5) is 24.3. The van der Waals surface area contributed by atoms with Crippen LogP contribution in [0.2, 0.25) is 0 Å². The predicted molar refractivity (Wildman–Crippen MR) is 85.7 cm³/mol. The molecule has 2 N–H and O–H groups in total. The van der Waals surface area contributed by atoms with Crippen LogP contribution >= 0.6 is 11.8 Å². The van der Waals surface area contributed by atoms with Crippen LogP contribution in [-0.2, 0) is 4.79 Å². The van der Waals surface area contributed by atoms with E-state index >= 15 is 0 Å². The largest absolute Gasteiger partial charge is 0.497 e. The number of ether oxygens (including phenoxy) is 1. The Morgan fingerprint density at radius 1 is 1.04 bits per heavy atom. The standard InChI is InChI=1S/C16H15FN2O3S/c1-22-13-6-8-14(9-7-13)23-10-15(20)18-19-16(21)11-2-4-12(17)5-3-11/h2-9H,10H2,1H3,(H,18,20)(H,19,21). The van der Waals surface area contributed by atoms with Crippen molar-refractivity contribution in [2.45, 2.75) is 4.90 Å². The zero-order chi connectivity index (χ0) is 16.7. The van der Waals surface area contributed by atoms with Gasteiger partial charge in [-0.2, -0.15) is 0 Å². The fourth-order valence-electron chi connectivity index (χ4n) is 1.66. The molecule has 0 fully saturated rings. The minimum atomic E-state index is -0.507. The van der Waals surface area contributed by atoms with Gasteiger partial charge in [0.2, 0.25) is 5.91 Å². The Hall–Kier alpha value is -2.54. The lowest BCUT2D eigenvalue weighted by Gasteiger charge is -2.07. The Morgan fingerprint density at radius 3 is 2.30 bits per heavy atom. The second-order valence-electron chi connectivity index (χ2n) is 4.47. The summed E-state index contributed by atoms with van der Waals surface area (Å²) in [6.07, 6.45) is 0. The smallest absolute Gasteiger partial charge is 0.269 e. The molecule has 0 spiro atoms. The highest BCUT2D eigenvalue weighted by Crippen LogP contribution is 2.20. The van der Waals surface area contributed by atoms with E-state index in [0.29, 0.717) is 0 Å². The highest BCUT2D eigenvalue weighted by molar-refractivity contribution is 8.00. The maximum atomic E-state index is 12.8. The topological polar surface area (TPSA) is 67.4 Å². The first-order valence-corrected chi connectivity index (χ1v) is 7.68. The summed E-state index contributed by atoms with van der Waals surface area (Å²) in [5.41, 5.74) is 4.85. The summed E-state index contributed by atoms with van der Waals surface area (Å²) in [6, 6.07) is 12.3. The third-order valence-corrected chi connectivity index (χ3v) is 3.86. The minimum Gasteiger partial charge on any atom is -0.497 e. The van der Waals surface area contributed by atoms with Gasteiger partial charge >= 0.3 is 0 Å². The zero-order valence-corrected chi connectivity index (χ0v) is 13.2. The fourth-order valence-corrected chi connectivity index (χ4v) is 2.36. The van der Waals surface area contributed by atoms with Crippen LogP contribution in [0.1, 0.15) is 10.4 Å². The predicted octanol–water partition coefficient (Wildman–Crippen LogP) is 2.39. The lowest BCUT2D eigenvalue weighted by molar-refractivity contribution is -0.119. The van der Waals surface area contributed by atoms with Crippen LogP contribution in [0.4, 0.5) is 4.39 Å². The molecule has 7 heteroatoms. The van der Waals surface area contributed by atoms with Crippen LogP contribution in [0, 0.1) is 5.82 Å². The number of hydrazine groups is 1. The summed E-state index contributed by atoms with van der Waals surface area (Å²) in [7, 11) is 1.58. The number of halogens is 1. The molecule has 0 bridgehead atoms. The Kier molecular flexibility index (Phi) is 5.99. The van der Waals surface area contributed by atoms with Crippen molar-refractivity contribution in [3.63, 3.8) is 0 Å². The maximum absolute atomic E-state index is 12.8. The van der Waals surface area contributed by atoms with Gasteiger partial charge in [-0.3, -0.25) is 20.4 Å². The van der Waals surface area contributed by atoms with E-state index in [1.54, 1.807) is 19.2 Å². The third-order valence-electron chi connectivity index (χ3n) is 2.85. The Bertz CT molecular complexity index is 675. The van der Waals surface area contributed by atoms with Gasteiger partial charge in [0.1, 0.15) is 11.6 Å². The van der Waals surface area contributed by atoms with Gasteiger partial charge in [-0.15, -0.1) is 11.8 Å². The molecule has 120 valence electrons. The third kappa shape index (κ3) is 5.30. The molecule has 0 radical (unpaired) electrons. The van der Waals surface area contributed by atoms with Crippen molar-refractivity contribution in [1.82, 2.24) is 10.9 Å². The van der Waals surface area contributed by atoms with Crippen molar-refractivity contribution in [3.8, 4) is 5.75 Å². The first-order valence-electron chi connectivity index (χ1n) is 6.70. The SMILES string of the molecule is COc1ccc(SCC(=O)NNC(=O)c2ccc(F)cc2)cc1. The van der Waals surface area contributed by atoms with Gasteiger partial charge in [0, 0.05) is 10.5 Å². The van der Waals surface area contributed by atoms with Gasteiger partial charge in [0.15, 0.2) is 0 Å². The summed E-state index contributed by atoms with van der Waals surface area (Å²) < 4.78 is 17.8. The summed E-state index contributed by atoms with van der Waals surface area (Å²) in [5, 5.41) is 0. The molecule has 0 aromatic heterocycles. The molecule has 2 aromatic rings. The van der Waals surface area contributed by atoms with E-state index in [4.69, 9.17) is 4.74 Å². The lowest BCUT2D eigenvalue weighted by atomic mass is 10.2. The van der Waals surface area contributed by atoms with Crippen molar-refractivity contribution in [2.24, 2.45) is 0 Å². The number of hydrogen-bond acceptors (Lipinski definition) is 4. The average molecular weight is 334 g/mol. The fraction of sp³-hybridized carbons (Fsp3) is 0.125. The molecule has 0 heterocycles. The molecule has 0 aliphatic rings. The second-order valence-corrected chi connectivity index (χ2v) is 5.52. The van der Waals surface area contributed by atoms with Gasteiger partial charge in [-0.1, -0.05) is 0 Å². The van der Waals surface area contributed by atoms with Gasteiger partial charge in [0.05, 0.1) is 12.9 Å². The molecule has 0 atom stereocenters. The molecule has 0 unspecified atom stereocenters. The summed E-state index contributed by atoms with van der Waals surface area (Å²) >= 11 is 1.33. The lowest BCUT2D eigenvalue weighted by Crippen LogP contribution is -2.42. The quantitative estimate of drug-likeness (QED) is 0.651. The van der Waals surface area contributed by atoms with E-state index in [1.165, 1.54) is 36.0 Å². The number of amides is 2. The number of carbonyl (C=O) groups is 2. The Balaban J connectivity index is 1.76. The summed E-state index contributed by atoms with van der Waals surface area (Å²) in [5.74, 6) is -0.392. The van der Waals surface area contributed by atoms with Crippen LogP contribution in [0.5, 0.6) is 5.75 Å². The van der Waals surface area contributed by atoms with Gasteiger partial charge < -0.3 is 4.74 Å². The van der Waals surface area contributed by atoms with Gasteiger partial charge in [0.25, 0.3) is 5.91 Å². The molecule has 2 aromatic carbocycles. The number of rotatable bonds is 5. The molecular weight excluding hydrogens is 319 g/mol. The van der Waals surface area contributed by atoms with Gasteiger partial charge in [-0.25, -0.2) is 4.39 Å². The van der Waals surface area contributed by atoms with Crippen molar-refractivity contribution in [2.75, 3.05) is 12.9 Å². The van der Waals surface area contributed by atoms with Crippen molar-refractivity contribution >= 4 is 23.6 Å². The molecule has 0 saturated heterocycles. The zero-order valence-electron chi connectivity index (χ0n) is 12.3. The van der Waals surface area contributed by atoms with Crippen molar-refractivity contribution in [1.29, 1.82) is 0 Å². The molecule has 0 saturated carbocycles. The first kappa shape index (κ1) is 16.8. The summed E-state index contributed by atoms with van der Waals surface area (Å²) in [6.45, 7) is 0. The van der Waals surface area contributed by atoms with Crippen LogP contribution in [0.25, 0.3) is 0 Å². The van der Waals surface area contributed by atoms with E-state index in [0.717, 1.165) is 10.6 Å². The number of benzene rings is 2. The Morgan fingerprint density at radius 2 is 1.70 bits per heavy atom. The van der Waals surface area contributed by atoms with Crippen molar-refractivity contribution in [3.05, 3.63) is 59.9 Å². The van der Waals surface area contributed by atoms with E-state index in [9.17, 15) is 14.0 Å². The molecule has 0 aliphatic heterocycles. The Labute approximate surface area is 137 Å². The maximum Gasteiger partial charge on any atom is 0.269 e. The number of thioether (sulfide) groups is 1. The highest BCUT2D eigenvalue weighted by Gasteiger charge is 2.08. The molecule has 23 heavy (non-hydrogen) atoms. The number of nitrogens with one attached hydrogen (secondary N) is 2. The monoisotopic (exact) mass is 334 g/mol. The van der Waals surface area contributed by atoms with Gasteiger partial charge in [-0.05, 0) is 48.5 Å². The normalized spacial score (nSPS) is 10.0. The first-order chi connectivity index (χ1) is 11.1. The van der Waals surface area contributed by atoms with E-state index in [2.05, 4.69) is 10.9 Å². The minimum absolute atomic E-state index is 0.149. The molecule has 5 nitrogen and oxygen atoms in total. The second kappa shape index (κ2) is 8.19. The molecule has 2 amide bonds. The van der Waals surface area contributed by atoms with Crippen LogP contribution in [0.15, 0.2) is 53.4 Å². The van der Waals surface area contributed by atoms with Crippen LogP contribution < -0.4 is 15.6 Å². The van der Waals surface area contributed by atoms with E-state index in [1.807, 2.05) is 12.1 Å². The molecule has 0 aliphatic carbocycles. The van der Waals surface area contributed by atoms with Crippen molar-refractivity contribution < 1.29 is 18.7 Å². The van der Waals surface area contributed by atoms with E-state index in [-0.39, 0.29) is 17.2 Å². The number of methoxy groups -OCH3 is 1. The average Bonchev–Trinajstić information content (AvgIpc) is 2.59. The molecule has 2 rings (SSSR count). The molecular formula is C16H15FN2O3S. The van der Waals surface area contributed by atoms with Crippen LogP contribution in [-0.4, -0.2) is 24.7 Å². The highest BCUT2D eigenvalue weighted by atomic mass is 32.2. The number of carbonyl (C=O) groups excluding carboxylic acids is 2. The number of hydrogen-bond donors (Lipinski definition) is 2. The van der Waals surface area contributed by atoms with E-state index < -0.39 is 11.7 Å².